The molecular weight excluding hydrogens is 188 g/mol. The van der Waals surface area contributed by atoms with Crippen LogP contribution in [0.2, 0.25) is 0 Å². The van der Waals surface area contributed by atoms with E-state index in [0.29, 0.717) is 5.92 Å². The molecule has 0 bridgehead atoms. The summed E-state index contributed by atoms with van der Waals surface area (Å²) >= 11 is 0. The van der Waals surface area contributed by atoms with Gasteiger partial charge in [-0.15, -0.1) is 0 Å². The van der Waals surface area contributed by atoms with E-state index in [-0.39, 0.29) is 16.9 Å². The second kappa shape index (κ2) is 4.13. The van der Waals surface area contributed by atoms with Crippen molar-refractivity contribution in [3.63, 3.8) is 0 Å². The van der Waals surface area contributed by atoms with Gasteiger partial charge in [-0.1, -0.05) is 33.8 Å². The summed E-state index contributed by atoms with van der Waals surface area (Å²) in [5.74, 6) is 0.866. The molecule has 0 atom stereocenters. The number of rotatable bonds is 3. The van der Waals surface area contributed by atoms with E-state index in [2.05, 4.69) is 27.7 Å². The monoisotopic (exact) mass is 208 g/mol. The predicted octanol–water partition coefficient (Wildman–Crippen LogP) is 3.42. The van der Waals surface area contributed by atoms with Crippen molar-refractivity contribution in [3.8, 4) is 11.5 Å². The summed E-state index contributed by atoms with van der Waals surface area (Å²) in [6, 6.07) is 4.82. The van der Waals surface area contributed by atoms with Gasteiger partial charge in [0.15, 0.2) is 0 Å². The zero-order chi connectivity index (χ0) is 11.6. The molecule has 0 saturated heterocycles. The predicted molar refractivity (Wildman–Crippen MR) is 62.3 cm³/mol. The second-order valence-electron chi connectivity index (χ2n) is 5.18. The molecule has 0 spiro atoms. The average molecular weight is 208 g/mol. The lowest BCUT2D eigenvalue weighted by Crippen LogP contribution is -2.19. The van der Waals surface area contributed by atoms with Crippen molar-refractivity contribution in [1.82, 2.24) is 0 Å². The van der Waals surface area contributed by atoms with E-state index in [1.165, 1.54) is 6.07 Å². The molecule has 0 aliphatic heterocycles. The zero-order valence-electron chi connectivity index (χ0n) is 9.91. The molecule has 0 aliphatic carbocycles. The molecule has 0 unspecified atom stereocenters. The van der Waals surface area contributed by atoms with Gasteiger partial charge < -0.3 is 10.2 Å². The van der Waals surface area contributed by atoms with E-state index in [0.717, 1.165) is 12.0 Å². The zero-order valence-corrected chi connectivity index (χ0v) is 9.91. The van der Waals surface area contributed by atoms with Gasteiger partial charge in [0, 0.05) is 6.07 Å². The van der Waals surface area contributed by atoms with Gasteiger partial charge in [-0.25, -0.2) is 0 Å². The van der Waals surface area contributed by atoms with Crippen molar-refractivity contribution in [2.24, 2.45) is 5.92 Å². The van der Waals surface area contributed by atoms with E-state index in [9.17, 15) is 10.2 Å². The van der Waals surface area contributed by atoms with Crippen molar-refractivity contribution in [2.75, 3.05) is 0 Å². The van der Waals surface area contributed by atoms with Gasteiger partial charge in [-0.05, 0) is 29.4 Å². The van der Waals surface area contributed by atoms with Crippen molar-refractivity contribution in [3.05, 3.63) is 23.8 Å². The van der Waals surface area contributed by atoms with Gasteiger partial charge in [0.2, 0.25) is 0 Å². The molecule has 0 saturated carbocycles. The molecule has 2 heteroatoms. The fraction of sp³-hybridized carbons (Fsp3) is 0.538. The Morgan fingerprint density at radius 2 is 1.80 bits per heavy atom. The van der Waals surface area contributed by atoms with Crippen molar-refractivity contribution in [2.45, 2.75) is 39.5 Å². The van der Waals surface area contributed by atoms with Gasteiger partial charge in [-0.2, -0.15) is 0 Å². The van der Waals surface area contributed by atoms with Crippen LogP contribution in [0.3, 0.4) is 0 Å². The first-order chi connectivity index (χ1) is 6.83. The smallest absolute Gasteiger partial charge is 0.122 e. The Bertz CT molecular complexity index is 340. The maximum atomic E-state index is 9.78. The van der Waals surface area contributed by atoms with E-state index in [1.54, 1.807) is 12.1 Å². The standard InChI is InChI=1S/C13H20O2/c1-9(2)8-13(3,4)11-6-5-10(14)7-12(11)15/h5-7,9,14-15H,8H2,1-4H3. The minimum absolute atomic E-state index is 0.0635. The van der Waals surface area contributed by atoms with E-state index < -0.39 is 0 Å². The molecule has 0 heterocycles. The molecule has 1 aromatic carbocycles. The number of hydrogen-bond acceptors (Lipinski definition) is 2. The van der Waals surface area contributed by atoms with Crippen LogP contribution in [-0.2, 0) is 5.41 Å². The third-order valence-electron chi connectivity index (χ3n) is 2.63. The number of aromatic hydroxyl groups is 2. The molecule has 1 aromatic rings. The maximum absolute atomic E-state index is 9.78. The molecule has 84 valence electrons. The van der Waals surface area contributed by atoms with Gasteiger partial charge in [0.25, 0.3) is 0 Å². The van der Waals surface area contributed by atoms with E-state index >= 15 is 0 Å². The summed E-state index contributed by atoms with van der Waals surface area (Å²) in [4.78, 5) is 0. The fourth-order valence-electron chi connectivity index (χ4n) is 2.22. The summed E-state index contributed by atoms with van der Waals surface area (Å²) < 4.78 is 0. The Morgan fingerprint density at radius 3 is 2.27 bits per heavy atom. The highest BCUT2D eigenvalue weighted by atomic mass is 16.3. The van der Waals surface area contributed by atoms with E-state index in [1.807, 2.05) is 0 Å². The lowest BCUT2D eigenvalue weighted by molar-refractivity contribution is 0.374. The van der Waals surface area contributed by atoms with Crippen LogP contribution in [0, 0.1) is 5.92 Å². The highest BCUT2D eigenvalue weighted by Gasteiger charge is 2.24. The average Bonchev–Trinajstić information content (AvgIpc) is 1.99. The second-order valence-corrected chi connectivity index (χ2v) is 5.18. The first-order valence-corrected chi connectivity index (χ1v) is 5.35. The fourth-order valence-corrected chi connectivity index (χ4v) is 2.22. The largest absolute Gasteiger partial charge is 0.508 e. The maximum Gasteiger partial charge on any atom is 0.122 e. The number of hydrogen-bond donors (Lipinski definition) is 2. The Labute approximate surface area is 91.6 Å². The van der Waals surface area contributed by atoms with Crippen molar-refractivity contribution >= 4 is 0 Å². The number of phenols is 2. The lowest BCUT2D eigenvalue weighted by Gasteiger charge is -2.28. The number of phenolic OH excluding ortho intramolecular Hbond substituents is 2. The van der Waals surface area contributed by atoms with Gasteiger partial charge >= 0.3 is 0 Å². The van der Waals surface area contributed by atoms with Crippen LogP contribution >= 0.6 is 0 Å². The molecule has 0 aromatic heterocycles. The summed E-state index contributed by atoms with van der Waals surface area (Å²) in [5, 5.41) is 19.0. The van der Waals surface area contributed by atoms with Crippen LogP contribution in [-0.4, -0.2) is 10.2 Å². The van der Waals surface area contributed by atoms with Crippen LogP contribution in [0.15, 0.2) is 18.2 Å². The first-order valence-electron chi connectivity index (χ1n) is 5.35. The minimum atomic E-state index is -0.0635. The topological polar surface area (TPSA) is 40.5 Å². The third-order valence-corrected chi connectivity index (χ3v) is 2.63. The van der Waals surface area contributed by atoms with Gasteiger partial charge in [0.1, 0.15) is 11.5 Å². The van der Waals surface area contributed by atoms with Crippen LogP contribution in [0.5, 0.6) is 11.5 Å². The molecule has 0 fully saturated rings. The minimum Gasteiger partial charge on any atom is -0.508 e. The highest BCUT2D eigenvalue weighted by molar-refractivity contribution is 5.42. The SMILES string of the molecule is CC(C)CC(C)(C)c1ccc(O)cc1O. The van der Waals surface area contributed by atoms with Crippen molar-refractivity contribution < 1.29 is 10.2 Å². The number of benzene rings is 1. The molecule has 1 rings (SSSR count). The highest BCUT2D eigenvalue weighted by Crippen LogP contribution is 2.37. The molecule has 15 heavy (non-hydrogen) atoms. The lowest BCUT2D eigenvalue weighted by atomic mass is 9.77. The molecule has 2 nitrogen and oxygen atoms in total. The van der Waals surface area contributed by atoms with E-state index in [4.69, 9.17) is 0 Å². The Morgan fingerprint density at radius 1 is 1.20 bits per heavy atom. The molecule has 0 amide bonds. The Kier molecular flexibility index (Phi) is 3.28. The summed E-state index contributed by atoms with van der Waals surface area (Å²) in [6.07, 6.45) is 1.01. The molecule has 0 radical (unpaired) electrons. The van der Waals surface area contributed by atoms with Crippen LogP contribution in [0.25, 0.3) is 0 Å². The molecule has 0 aliphatic rings. The Hall–Kier alpha value is -1.18. The summed E-state index contributed by atoms with van der Waals surface area (Å²) in [6.45, 7) is 8.55. The Balaban J connectivity index is 3.04. The van der Waals surface area contributed by atoms with Crippen LogP contribution in [0.1, 0.15) is 39.7 Å². The van der Waals surface area contributed by atoms with Gasteiger partial charge in [-0.3, -0.25) is 0 Å². The molecular formula is C13H20O2. The third kappa shape index (κ3) is 2.88. The van der Waals surface area contributed by atoms with Crippen molar-refractivity contribution in [1.29, 1.82) is 0 Å². The quantitative estimate of drug-likeness (QED) is 0.799. The summed E-state index contributed by atoms with van der Waals surface area (Å²) in [7, 11) is 0. The van der Waals surface area contributed by atoms with Gasteiger partial charge in [0.05, 0.1) is 0 Å². The summed E-state index contributed by atoms with van der Waals surface area (Å²) in [5.41, 5.74) is 0.834. The normalized spacial score (nSPS) is 12.1. The molecule has 2 N–H and O–H groups in total. The van der Waals surface area contributed by atoms with Crippen LogP contribution in [0.4, 0.5) is 0 Å². The first kappa shape index (κ1) is 11.9. The van der Waals surface area contributed by atoms with Crippen LogP contribution < -0.4 is 0 Å².